The molecular formula is C40H25N5. The maximum absolute atomic E-state index is 5.13. The van der Waals surface area contributed by atoms with E-state index in [-0.39, 0.29) is 0 Å². The minimum Gasteiger partial charge on any atom is -0.309 e. The monoisotopic (exact) mass is 575 g/mol. The van der Waals surface area contributed by atoms with Crippen LogP contribution in [0.3, 0.4) is 0 Å². The average Bonchev–Trinajstić information content (AvgIpc) is 3.74. The van der Waals surface area contributed by atoms with Crippen LogP contribution < -0.4 is 0 Å². The van der Waals surface area contributed by atoms with E-state index in [1.807, 2.05) is 28.9 Å². The van der Waals surface area contributed by atoms with Gasteiger partial charge >= 0.3 is 0 Å². The van der Waals surface area contributed by atoms with Gasteiger partial charge in [-0.1, -0.05) is 84.9 Å². The summed E-state index contributed by atoms with van der Waals surface area (Å²) in [5.74, 6) is 0. The Bertz CT molecular complexity index is 2760. The van der Waals surface area contributed by atoms with Crippen LogP contribution >= 0.6 is 0 Å². The van der Waals surface area contributed by atoms with Crippen molar-refractivity contribution in [1.29, 1.82) is 0 Å². The van der Waals surface area contributed by atoms with Crippen LogP contribution in [0, 0.1) is 0 Å². The van der Waals surface area contributed by atoms with E-state index in [0.717, 1.165) is 50.2 Å². The summed E-state index contributed by atoms with van der Waals surface area (Å²) >= 11 is 0. The van der Waals surface area contributed by atoms with E-state index < -0.39 is 0 Å². The summed E-state index contributed by atoms with van der Waals surface area (Å²) < 4.78 is 6.63. The minimum atomic E-state index is 0.829. The van der Waals surface area contributed by atoms with E-state index in [4.69, 9.17) is 10.1 Å². The largest absolute Gasteiger partial charge is 0.309 e. The molecule has 0 saturated heterocycles. The Morgan fingerprint density at radius 2 is 1.24 bits per heavy atom. The average molecular weight is 576 g/mol. The van der Waals surface area contributed by atoms with Crippen LogP contribution in [0.15, 0.2) is 152 Å². The first kappa shape index (κ1) is 24.3. The van der Waals surface area contributed by atoms with Gasteiger partial charge < -0.3 is 4.57 Å². The molecule has 5 nitrogen and oxygen atoms in total. The molecule has 4 heterocycles. The van der Waals surface area contributed by atoms with Crippen molar-refractivity contribution >= 4 is 60.3 Å². The molecule has 10 aromatic rings. The molecule has 0 spiro atoms. The number of imidazole rings is 1. The van der Waals surface area contributed by atoms with Crippen LogP contribution in [-0.2, 0) is 0 Å². The zero-order valence-corrected chi connectivity index (χ0v) is 24.2. The third kappa shape index (κ3) is 3.43. The molecule has 0 aliphatic rings. The van der Waals surface area contributed by atoms with Gasteiger partial charge in [0.2, 0.25) is 0 Å². The molecule has 0 fully saturated rings. The molecule has 5 heteroatoms. The van der Waals surface area contributed by atoms with Gasteiger partial charge in [-0.15, -0.1) is 0 Å². The predicted molar refractivity (Wildman–Crippen MR) is 185 cm³/mol. The molecule has 0 atom stereocenters. The van der Waals surface area contributed by atoms with Gasteiger partial charge in [-0.2, -0.15) is 9.61 Å². The molecule has 0 unspecified atom stereocenters. The van der Waals surface area contributed by atoms with Crippen molar-refractivity contribution < 1.29 is 0 Å². The fraction of sp³-hybridized carbons (Fsp3) is 0. The van der Waals surface area contributed by atoms with E-state index >= 15 is 0 Å². The van der Waals surface area contributed by atoms with E-state index in [0.29, 0.717) is 0 Å². The highest BCUT2D eigenvalue weighted by molar-refractivity contribution is 6.15. The Kier molecular flexibility index (Phi) is 4.93. The summed E-state index contributed by atoms with van der Waals surface area (Å²) in [6.45, 7) is 0. The zero-order chi connectivity index (χ0) is 29.5. The van der Waals surface area contributed by atoms with Crippen LogP contribution in [0.5, 0.6) is 0 Å². The molecule has 4 aromatic heterocycles. The Balaban J connectivity index is 1.27. The van der Waals surface area contributed by atoms with Gasteiger partial charge in [0.25, 0.3) is 0 Å². The van der Waals surface area contributed by atoms with Crippen LogP contribution in [0.2, 0.25) is 0 Å². The number of aromatic nitrogens is 5. The smallest absolute Gasteiger partial charge is 0.168 e. The summed E-state index contributed by atoms with van der Waals surface area (Å²) in [6.07, 6.45) is 1.82. The molecule has 0 aliphatic carbocycles. The van der Waals surface area contributed by atoms with Gasteiger partial charge in [0, 0.05) is 33.7 Å². The summed E-state index contributed by atoms with van der Waals surface area (Å²) in [7, 11) is 0. The van der Waals surface area contributed by atoms with Crippen molar-refractivity contribution in [3.05, 3.63) is 152 Å². The van der Waals surface area contributed by atoms with Crippen molar-refractivity contribution in [2.24, 2.45) is 0 Å². The third-order valence-electron chi connectivity index (χ3n) is 9.07. The van der Waals surface area contributed by atoms with Gasteiger partial charge in [-0.05, 0) is 82.6 Å². The van der Waals surface area contributed by atoms with E-state index in [2.05, 4.69) is 137 Å². The minimum absolute atomic E-state index is 0.829. The Hall–Kier alpha value is -6.20. The number of rotatable bonds is 3. The maximum atomic E-state index is 5.13. The Labute approximate surface area is 257 Å². The highest BCUT2D eigenvalue weighted by Gasteiger charge is 2.22. The van der Waals surface area contributed by atoms with Crippen LogP contribution in [0.4, 0.5) is 0 Å². The number of nitrogens with zero attached hydrogens (tertiary/aromatic N) is 5. The molecule has 0 aliphatic heterocycles. The van der Waals surface area contributed by atoms with Crippen molar-refractivity contribution in [2.45, 2.75) is 0 Å². The molecule has 0 saturated carbocycles. The molecular weight excluding hydrogens is 550 g/mol. The molecule has 6 aromatic carbocycles. The highest BCUT2D eigenvalue weighted by atomic mass is 15.3. The van der Waals surface area contributed by atoms with Crippen molar-refractivity contribution in [1.82, 2.24) is 23.7 Å². The van der Waals surface area contributed by atoms with Gasteiger partial charge in [0.15, 0.2) is 11.3 Å². The first-order chi connectivity index (χ1) is 22.3. The van der Waals surface area contributed by atoms with E-state index in [1.54, 1.807) is 0 Å². The second kappa shape index (κ2) is 9.15. The van der Waals surface area contributed by atoms with E-state index in [9.17, 15) is 0 Å². The van der Waals surface area contributed by atoms with Gasteiger partial charge in [-0.3, -0.25) is 4.57 Å². The topological polar surface area (TPSA) is 40.0 Å². The summed E-state index contributed by atoms with van der Waals surface area (Å²) in [6, 6.07) is 51.9. The standard InChI is InChI=1S/C40H25N5/c1-2-14-29(15-3-1)44-35-20-9-18-31(38(35)39-40(44)45-37(42-39)21-10-22-41-45)28-13-8-16-30(23-28)43-34-19-7-6-17-32(34)33-24-26-11-4-5-12-27(26)25-36(33)43/h1-25H. The SMILES string of the molecule is c1ccc(-n2c3cccc(-c4cccc(-n5c6ccccc6c6cc7ccccc7cc65)c4)c3c3nc4cccnn4c32)cc1. The normalized spacial score (nSPS) is 12.0. The molecule has 10 rings (SSSR count). The van der Waals surface area contributed by atoms with E-state index in [1.165, 1.54) is 32.6 Å². The lowest BCUT2D eigenvalue weighted by molar-refractivity contribution is 0.932. The first-order valence-corrected chi connectivity index (χ1v) is 15.2. The van der Waals surface area contributed by atoms with Gasteiger partial charge in [0.05, 0.1) is 16.6 Å². The second-order valence-electron chi connectivity index (χ2n) is 11.6. The number of fused-ring (bicyclic) bond motifs is 9. The molecule has 0 bridgehead atoms. The van der Waals surface area contributed by atoms with Crippen molar-refractivity contribution in [3.8, 4) is 22.5 Å². The van der Waals surface area contributed by atoms with Crippen molar-refractivity contribution in [2.75, 3.05) is 0 Å². The second-order valence-corrected chi connectivity index (χ2v) is 11.6. The van der Waals surface area contributed by atoms with Crippen LogP contribution in [-0.4, -0.2) is 23.7 Å². The third-order valence-corrected chi connectivity index (χ3v) is 9.07. The molecule has 45 heavy (non-hydrogen) atoms. The lowest BCUT2D eigenvalue weighted by atomic mass is 10.0. The Morgan fingerprint density at radius 3 is 2.16 bits per heavy atom. The molecule has 0 N–H and O–H groups in total. The van der Waals surface area contributed by atoms with Gasteiger partial charge in [-0.25, -0.2) is 4.98 Å². The highest BCUT2D eigenvalue weighted by Crippen LogP contribution is 2.40. The predicted octanol–water partition coefficient (Wildman–Crippen LogP) is 9.74. The fourth-order valence-electron chi connectivity index (χ4n) is 7.16. The molecule has 0 amide bonds. The van der Waals surface area contributed by atoms with Crippen LogP contribution in [0.25, 0.3) is 82.8 Å². The summed E-state index contributed by atoms with van der Waals surface area (Å²) in [4.78, 5) is 5.13. The molecule has 210 valence electrons. The maximum Gasteiger partial charge on any atom is 0.168 e. The summed E-state index contributed by atoms with van der Waals surface area (Å²) in [5, 5.41) is 10.8. The van der Waals surface area contributed by atoms with Gasteiger partial charge in [0.1, 0.15) is 5.52 Å². The quantitative estimate of drug-likeness (QED) is 0.210. The zero-order valence-electron chi connectivity index (χ0n) is 24.2. The number of benzene rings is 6. The lowest BCUT2D eigenvalue weighted by Gasteiger charge is -2.12. The molecule has 0 radical (unpaired) electrons. The number of hydrogen-bond acceptors (Lipinski definition) is 2. The van der Waals surface area contributed by atoms with Crippen molar-refractivity contribution in [3.63, 3.8) is 0 Å². The Morgan fingerprint density at radius 1 is 0.489 bits per heavy atom. The lowest BCUT2D eigenvalue weighted by Crippen LogP contribution is -1.99. The first-order valence-electron chi connectivity index (χ1n) is 15.2. The van der Waals surface area contributed by atoms with Crippen LogP contribution in [0.1, 0.15) is 0 Å². The summed E-state index contributed by atoms with van der Waals surface area (Å²) in [5.41, 5.74) is 10.7. The fourth-order valence-corrected chi connectivity index (χ4v) is 7.16. The number of para-hydroxylation sites is 2. The number of hydrogen-bond donors (Lipinski definition) is 0.